The summed E-state index contributed by atoms with van der Waals surface area (Å²) < 4.78 is 3.79. The summed E-state index contributed by atoms with van der Waals surface area (Å²) in [5.74, 6) is 0. The fourth-order valence-electron chi connectivity index (χ4n) is 1.34. The fourth-order valence-corrected chi connectivity index (χ4v) is 4.82. The van der Waals surface area contributed by atoms with Crippen LogP contribution in [0, 0.1) is 0 Å². The molecule has 18 heavy (non-hydrogen) atoms. The average molecular weight is 348 g/mol. The van der Waals surface area contributed by atoms with E-state index in [1.807, 2.05) is 6.92 Å². The van der Waals surface area contributed by atoms with Crippen molar-refractivity contribution < 1.29 is 0 Å². The molecule has 0 amide bonds. The molecule has 0 radical (unpaired) electrons. The van der Waals surface area contributed by atoms with Crippen molar-refractivity contribution in [1.82, 2.24) is 25.2 Å². The number of aromatic nitrogens is 5. The van der Waals surface area contributed by atoms with E-state index in [-0.39, 0.29) is 5.41 Å². The van der Waals surface area contributed by atoms with E-state index in [0.717, 1.165) is 25.5 Å². The quantitative estimate of drug-likeness (QED) is 0.851. The van der Waals surface area contributed by atoms with E-state index >= 15 is 0 Å². The minimum atomic E-state index is 0.0326. The molecule has 2 aromatic heterocycles. The van der Waals surface area contributed by atoms with Crippen molar-refractivity contribution >= 4 is 39.0 Å². The average Bonchev–Trinajstić information content (AvgIpc) is 2.84. The zero-order valence-electron chi connectivity index (χ0n) is 10.6. The van der Waals surface area contributed by atoms with Gasteiger partial charge >= 0.3 is 0 Å². The van der Waals surface area contributed by atoms with E-state index in [0.29, 0.717) is 0 Å². The molecule has 5 nitrogen and oxygen atoms in total. The van der Waals surface area contributed by atoms with Gasteiger partial charge in [-0.15, -0.1) is 5.10 Å². The van der Waals surface area contributed by atoms with E-state index in [4.69, 9.17) is 0 Å². The van der Waals surface area contributed by atoms with Crippen molar-refractivity contribution in [1.29, 1.82) is 0 Å². The highest BCUT2D eigenvalue weighted by Gasteiger charge is 2.23. The monoisotopic (exact) mass is 347 g/mol. The molecule has 0 saturated carbocycles. The van der Waals surface area contributed by atoms with Crippen LogP contribution in [0.4, 0.5) is 0 Å². The molecule has 0 spiro atoms. The summed E-state index contributed by atoms with van der Waals surface area (Å²) >= 11 is 6.70. The minimum Gasteiger partial charge on any atom is -0.232 e. The Morgan fingerprint density at radius 2 is 2.11 bits per heavy atom. The van der Waals surface area contributed by atoms with Gasteiger partial charge in [-0.05, 0) is 45.0 Å². The Morgan fingerprint density at radius 3 is 2.67 bits per heavy atom. The zero-order chi connectivity index (χ0) is 13.3. The number of tetrazole rings is 1. The SMILES string of the molecule is CCn1nnnc1Sc1nc(C(C)(C)C)c(Br)s1. The molecular weight excluding hydrogens is 334 g/mol. The topological polar surface area (TPSA) is 56.5 Å². The highest BCUT2D eigenvalue weighted by atomic mass is 79.9. The molecule has 0 aromatic carbocycles. The van der Waals surface area contributed by atoms with Crippen LogP contribution >= 0.6 is 39.0 Å². The fraction of sp³-hybridized carbons (Fsp3) is 0.600. The number of aryl methyl sites for hydroxylation is 1. The summed E-state index contributed by atoms with van der Waals surface area (Å²) in [5.41, 5.74) is 1.11. The van der Waals surface area contributed by atoms with Crippen LogP contribution in [0.3, 0.4) is 0 Å². The summed E-state index contributed by atoms with van der Waals surface area (Å²) in [7, 11) is 0. The Balaban J connectivity index is 2.26. The van der Waals surface area contributed by atoms with E-state index < -0.39 is 0 Å². The summed E-state index contributed by atoms with van der Waals surface area (Å²) in [5, 5.41) is 12.4. The highest BCUT2D eigenvalue weighted by molar-refractivity contribution is 9.11. The Hall–Kier alpha value is -0.470. The van der Waals surface area contributed by atoms with Crippen LogP contribution in [0.5, 0.6) is 0 Å². The van der Waals surface area contributed by atoms with Gasteiger partial charge in [0.1, 0.15) is 0 Å². The number of hydrogen-bond acceptors (Lipinski definition) is 6. The summed E-state index contributed by atoms with van der Waals surface area (Å²) in [6.45, 7) is 9.22. The van der Waals surface area contributed by atoms with Gasteiger partial charge in [-0.2, -0.15) is 0 Å². The van der Waals surface area contributed by atoms with Crippen LogP contribution in [0.25, 0.3) is 0 Å². The molecular formula is C10H14BrN5S2. The van der Waals surface area contributed by atoms with Crippen LogP contribution in [0.1, 0.15) is 33.4 Å². The predicted octanol–water partition coefficient (Wildman–Crippen LogP) is 3.36. The maximum Gasteiger partial charge on any atom is 0.216 e. The normalized spacial score (nSPS) is 12.1. The molecule has 0 aliphatic carbocycles. The first kappa shape index (κ1) is 14.0. The van der Waals surface area contributed by atoms with Crippen molar-refractivity contribution in [3.63, 3.8) is 0 Å². The van der Waals surface area contributed by atoms with Gasteiger partial charge < -0.3 is 0 Å². The van der Waals surface area contributed by atoms with Crippen LogP contribution in [0.15, 0.2) is 13.3 Å². The first-order chi connectivity index (χ1) is 8.41. The van der Waals surface area contributed by atoms with Crippen molar-refractivity contribution in [3.8, 4) is 0 Å². The van der Waals surface area contributed by atoms with Crippen LogP contribution in [-0.4, -0.2) is 25.2 Å². The van der Waals surface area contributed by atoms with Crippen LogP contribution in [0.2, 0.25) is 0 Å². The van der Waals surface area contributed by atoms with Crippen LogP contribution < -0.4 is 0 Å². The third kappa shape index (κ3) is 2.92. The van der Waals surface area contributed by atoms with Gasteiger partial charge in [0.15, 0.2) is 4.34 Å². The smallest absolute Gasteiger partial charge is 0.216 e. The van der Waals surface area contributed by atoms with Gasteiger partial charge in [0.2, 0.25) is 5.16 Å². The Labute approximate surface area is 123 Å². The lowest BCUT2D eigenvalue weighted by atomic mass is 9.93. The third-order valence-electron chi connectivity index (χ3n) is 2.25. The minimum absolute atomic E-state index is 0.0326. The molecule has 0 unspecified atom stereocenters. The van der Waals surface area contributed by atoms with E-state index in [1.165, 1.54) is 11.8 Å². The number of thiazole rings is 1. The summed E-state index contributed by atoms with van der Waals surface area (Å²) in [6.07, 6.45) is 0. The second kappa shape index (κ2) is 5.26. The number of hydrogen-bond donors (Lipinski definition) is 0. The lowest BCUT2D eigenvalue weighted by Gasteiger charge is -2.15. The number of rotatable bonds is 3. The lowest BCUT2D eigenvalue weighted by Crippen LogP contribution is -2.12. The Morgan fingerprint density at radius 1 is 1.39 bits per heavy atom. The molecule has 2 heterocycles. The van der Waals surface area contributed by atoms with E-state index in [9.17, 15) is 0 Å². The Kier molecular flexibility index (Phi) is 4.08. The van der Waals surface area contributed by atoms with Crippen molar-refractivity contribution in [3.05, 3.63) is 9.48 Å². The largest absolute Gasteiger partial charge is 0.232 e. The van der Waals surface area contributed by atoms with Crippen molar-refractivity contribution in [2.45, 2.75) is 49.2 Å². The van der Waals surface area contributed by atoms with Gasteiger partial charge in [-0.25, -0.2) is 9.67 Å². The van der Waals surface area contributed by atoms with Crippen LogP contribution in [-0.2, 0) is 12.0 Å². The molecule has 0 bridgehead atoms. The second-order valence-electron chi connectivity index (χ2n) is 4.73. The second-order valence-corrected chi connectivity index (χ2v) is 8.26. The maximum atomic E-state index is 4.66. The van der Waals surface area contributed by atoms with Gasteiger partial charge in [0.25, 0.3) is 0 Å². The molecule has 0 fully saturated rings. The number of nitrogens with zero attached hydrogens (tertiary/aromatic N) is 5. The van der Waals surface area contributed by atoms with Gasteiger partial charge in [-0.1, -0.05) is 32.1 Å². The van der Waals surface area contributed by atoms with Gasteiger partial charge in [-0.3, -0.25) is 0 Å². The first-order valence-electron chi connectivity index (χ1n) is 5.52. The third-order valence-corrected chi connectivity index (χ3v) is 4.99. The zero-order valence-corrected chi connectivity index (χ0v) is 13.9. The molecule has 0 aliphatic heterocycles. The van der Waals surface area contributed by atoms with Crippen molar-refractivity contribution in [2.24, 2.45) is 0 Å². The van der Waals surface area contributed by atoms with Gasteiger partial charge in [0, 0.05) is 12.0 Å². The molecule has 8 heteroatoms. The van der Waals surface area contributed by atoms with Crippen molar-refractivity contribution in [2.75, 3.05) is 0 Å². The molecule has 2 rings (SSSR count). The first-order valence-corrected chi connectivity index (χ1v) is 7.95. The summed E-state index contributed by atoms with van der Waals surface area (Å²) in [4.78, 5) is 4.66. The molecule has 0 aliphatic rings. The van der Waals surface area contributed by atoms with E-state index in [2.05, 4.69) is 57.2 Å². The van der Waals surface area contributed by atoms with E-state index in [1.54, 1.807) is 16.0 Å². The molecule has 0 saturated heterocycles. The maximum absolute atomic E-state index is 4.66. The van der Waals surface area contributed by atoms with Gasteiger partial charge in [0.05, 0.1) is 9.48 Å². The molecule has 0 atom stereocenters. The Bertz CT molecular complexity index is 543. The predicted molar refractivity (Wildman–Crippen MR) is 76.1 cm³/mol. The lowest BCUT2D eigenvalue weighted by molar-refractivity contribution is 0.566. The molecule has 98 valence electrons. The summed E-state index contributed by atoms with van der Waals surface area (Å²) in [6, 6.07) is 0. The number of halogens is 1. The molecule has 0 N–H and O–H groups in total. The highest BCUT2D eigenvalue weighted by Crippen LogP contribution is 2.39. The standard InChI is InChI=1S/C10H14BrN5S2/c1-5-16-8(13-14-15-16)18-9-12-6(7(11)17-9)10(2,3)4/h5H2,1-4H3. The molecule has 2 aromatic rings.